The predicted molar refractivity (Wildman–Crippen MR) is 88.7 cm³/mol. The average molecular weight is 308 g/mol. The number of aromatic nitrogens is 2. The number of nitrogens with zero attached hydrogens (tertiary/aromatic N) is 1. The zero-order valence-electron chi connectivity index (χ0n) is 11.8. The fraction of sp³-hybridized carbons (Fsp3) is 0.0588. The summed E-state index contributed by atoms with van der Waals surface area (Å²) in [6.07, 6.45) is 1.66. The molecule has 0 aliphatic carbocycles. The maximum absolute atomic E-state index is 5.74. The Balaban J connectivity index is 2.00. The fourth-order valence-corrected chi connectivity index (χ4v) is 2.88. The highest BCUT2D eigenvalue weighted by Crippen LogP contribution is 2.31. The zero-order chi connectivity index (χ0) is 15.1. The number of hydrogen-bond acceptors (Lipinski definition) is 4. The molecule has 0 spiro atoms. The van der Waals surface area contributed by atoms with Gasteiger partial charge in [-0.1, -0.05) is 30.4 Å². The van der Waals surface area contributed by atoms with E-state index in [1.165, 1.54) is 0 Å². The highest BCUT2D eigenvalue weighted by molar-refractivity contribution is 7.71. The summed E-state index contributed by atoms with van der Waals surface area (Å²) >= 11 is 5.63. The maximum Gasteiger partial charge on any atom is 0.138 e. The lowest BCUT2D eigenvalue weighted by atomic mass is 10.1. The molecule has 0 amide bonds. The van der Waals surface area contributed by atoms with Crippen LogP contribution in [0.3, 0.4) is 0 Å². The monoisotopic (exact) mass is 308 g/mol. The van der Waals surface area contributed by atoms with E-state index in [1.807, 2.05) is 42.5 Å². The highest BCUT2D eigenvalue weighted by Gasteiger charge is 2.12. The van der Waals surface area contributed by atoms with Crippen LogP contribution in [0.4, 0.5) is 0 Å². The third-order valence-corrected chi connectivity index (χ3v) is 4.15. The van der Waals surface area contributed by atoms with Crippen LogP contribution >= 0.6 is 12.2 Å². The van der Waals surface area contributed by atoms with Crippen molar-refractivity contribution < 1.29 is 9.15 Å². The van der Waals surface area contributed by atoms with E-state index in [1.54, 1.807) is 13.4 Å². The molecule has 2 aromatic carbocycles. The molecule has 2 aromatic heterocycles. The number of H-pyrrole nitrogens is 1. The Hall–Kier alpha value is -2.66. The van der Waals surface area contributed by atoms with Gasteiger partial charge < -0.3 is 9.15 Å². The van der Waals surface area contributed by atoms with Crippen molar-refractivity contribution >= 4 is 34.1 Å². The van der Waals surface area contributed by atoms with Gasteiger partial charge in [0.05, 0.1) is 22.7 Å². The number of ether oxygens (including phenoxy) is 1. The number of rotatable bonds is 2. The van der Waals surface area contributed by atoms with Crippen LogP contribution < -0.4 is 4.74 Å². The lowest BCUT2D eigenvalue weighted by Gasteiger charge is -2.04. The predicted octanol–water partition coefficient (Wildman–Crippen LogP) is 4.71. The van der Waals surface area contributed by atoms with Gasteiger partial charge in [0.2, 0.25) is 0 Å². The van der Waals surface area contributed by atoms with Crippen molar-refractivity contribution in [2.45, 2.75) is 0 Å². The van der Waals surface area contributed by atoms with Crippen molar-refractivity contribution in [3.8, 4) is 17.0 Å². The largest absolute Gasteiger partial charge is 0.497 e. The van der Waals surface area contributed by atoms with Crippen LogP contribution in [0.2, 0.25) is 0 Å². The quantitative estimate of drug-likeness (QED) is 0.545. The lowest BCUT2D eigenvalue weighted by Crippen LogP contribution is -1.85. The van der Waals surface area contributed by atoms with E-state index >= 15 is 0 Å². The summed E-state index contributed by atoms with van der Waals surface area (Å²) in [6.45, 7) is 0. The standard InChI is InChI=1S/C17H12N2O2S/c1-20-10-6-7-12-15(8-10)21-9-13(17(12)22)16-11-4-2-3-5-14(11)18-19-16/h2-9H,1H3,(H,18,19). The summed E-state index contributed by atoms with van der Waals surface area (Å²) in [4.78, 5) is 0. The third kappa shape index (κ3) is 1.90. The van der Waals surface area contributed by atoms with Crippen molar-refractivity contribution in [1.29, 1.82) is 0 Å². The van der Waals surface area contributed by atoms with Gasteiger partial charge in [-0.3, -0.25) is 5.10 Å². The number of hydrogen-bond donors (Lipinski definition) is 1. The van der Waals surface area contributed by atoms with Gasteiger partial charge in [-0.25, -0.2) is 0 Å². The lowest BCUT2D eigenvalue weighted by molar-refractivity contribution is 0.414. The second-order valence-electron chi connectivity index (χ2n) is 4.96. The van der Waals surface area contributed by atoms with E-state index < -0.39 is 0 Å². The summed E-state index contributed by atoms with van der Waals surface area (Å²) in [5.41, 5.74) is 3.29. The molecule has 108 valence electrons. The summed E-state index contributed by atoms with van der Waals surface area (Å²) in [7, 11) is 1.63. The first-order valence-corrected chi connectivity index (χ1v) is 7.22. The molecule has 0 unspecified atom stereocenters. The highest BCUT2D eigenvalue weighted by atomic mass is 32.1. The zero-order valence-corrected chi connectivity index (χ0v) is 12.6. The third-order valence-electron chi connectivity index (χ3n) is 3.71. The smallest absolute Gasteiger partial charge is 0.138 e. The Morgan fingerprint density at radius 2 is 2.00 bits per heavy atom. The number of benzene rings is 2. The van der Waals surface area contributed by atoms with E-state index in [0.717, 1.165) is 37.8 Å². The Bertz CT molecular complexity index is 1050. The molecule has 0 saturated heterocycles. The van der Waals surface area contributed by atoms with E-state index in [2.05, 4.69) is 10.2 Å². The van der Waals surface area contributed by atoms with E-state index in [-0.39, 0.29) is 0 Å². The van der Waals surface area contributed by atoms with Crippen LogP contribution in [0.25, 0.3) is 33.1 Å². The molecule has 4 nitrogen and oxygen atoms in total. The van der Waals surface area contributed by atoms with Crippen molar-refractivity contribution in [1.82, 2.24) is 10.2 Å². The van der Waals surface area contributed by atoms with Crippen LogP contribution in [0.5, 0.6) is 5.75 Å². The van der Waals surface area contributed by atoms with Gasteiger partial charge in [0, 0.05) is 16.8 Å². The summed E-state index contributed by atoms with van der Waals surface area (Å²) in [5.74, 6) is 0.739. The molecular weight excluding hydrogens is 296 g/mol. The van der Waals surface area contributed by atoms with Gasteiger partial charge in [0.1, 0.15) is 23.3 Å². The summed E-state index contributed by atoms with van der Waals surface area (Å²) < 4.78 is 11.7. The normalized spacial score (nSPS) is 11.1. The molecule has 5 heteroatoms. The Labute approximate surface area is 131 Å². The molecule has 0 saturated carbocycles. The van der Waals surface area contributed by atoms with Crippen molar-refractivity contribution in [2.75, 3.05) is 7.11 Å². The number of nitrogens with one attached hydrogen (secondary N) is 1. The molecule has 0 aliphatic heterocycles. The van der Waals surface area contributed by atoms with Gasteiger partial charge >= 0.3 is 0 Å². The van der Waals surface area contributed by atoms with E-state index in [9.17, 15) is 0 Å². The molecule has 22 heavy (non-hydrogen) atoms. The van der Waals surface area contributed by atoms with Crippen LogP contribution in [0.1, 0.15) is 0 Å². The van der Waals surface area contributed by atoms with Crippen LogP contribution in [-0.4, -0.2) is 17.3 Å². The second kappa shape index (κ2) is 4.96. The molecule has 1 N–H and O–H groups in total. The van der Waals surface area contributed by atoms with Crippen LogP contribution in [-0.2, 0) is 0 Å². The summed E-state index contributed by atoms with van der Waals surface area (Å²) in [6, 6.07) is 13.6. The minimum Gasteiger partial charge on any atom is -0.497 e. The first kappa shape index (κ1) is 13.0. The molecular formula is C17H12N2O2S. The molecule has 0 atom stereocenters. The Morgan fingerprint density at radius 3 is 2.86 bits per heavy atom. The Morgan fingerprint density at radius 1 is 1.14 bits per heavy atom. The van der Waals surface area contributed by atoms with Gasteiger partial charge in [0.15, 0.2) is 0 Å². The first-order valence-electron chi connectivity index (χ1n) is 6.81. The van der Waals surface area contributed by atoms with Crippen molar-refractivity contribution in [3.05, 3.63) is 53.2 Å². The number of para-hydroxylation sites is 1. The molecule has 0 bridgehead atoms. The molecule has 0 radical (unpaired) electrons. The molecule has 0 fully saturated rings. The van der Waals surface area contributed by atoms with E-state index in [0.29, 0.717) is 5.58 Å². The van der Waals surface area contributed by atoms with Crippen LogP contribution in [0, 0.1) is 4.51 Å². The van der Waals surface area contributed by atoms with Crippen LogP contribution in [0.15, 0.2) is 53.1 Å². The number of fused-ring (bicyclic) bond motifs is 2. The fourth-order valence-electron chi connectivity index (χ4n) is 2.57. The van der Waals surface area contributed by atoms with Gasteiger partial charge in [-0.05, 0) is 18.2 Å². The molecule has 4 aromatic rings. The second-order valence-corrected chi connectivity index (χ2v) is 5.37. The minimum absolute atomic E-state index is 0.702. The Kier molecular flexibility index (Phi) is 2.94. The van der Waals surface area contributed by atoms with Crippen molar-refractivity contribution in [2.24, 2.45) is 0 Å². The summed E-state index contributed by atoms with van der Waals surface area (Å²) in [5, 5.41) is 9.31. The first-order chi connectivity index (χ1) is 10.8. The molecule has 4 rings (SSSR count). The molecule has 2 heterocycles. The van der Waals surface area contributed by atoms with Gasteiger partial charge in [0.25, 0.3) is 0 Å². The number of methoxy groups -OCH3 is 1. The van der Waals surface area contributed by atoms with E-state index in [4.69, 9.17) is 21.4 Å². The van der Waals surface area contributed by atoms with Gasteiger partial charge in [-0.2, -0.15) is 5.10 Å². The SMILES string of the molecule is COc1ccc2c(=S)c(-c3n[nH]c4ccccc34)coc2c1. The maximum atomic E-state index is 5.74. The minimum atomic E-state index is 0.702. The van der Waals surface area contributed by atoms with Gasteiger partial charge in [-0.15, -0.1) is 0 Å². The molecule has 0 aliphatic rings. The number of aromatic amines is 1. The van der Waals surface area contributed by atoms with Crippen molar-refractivity contribution in [3.63, 3.8) is 0 Å². The topological polar surface area (TPSA) is 51.0 Å². The average Bonchev–Trinajstić information content (AvgIpc) is 2.99.